The van der Waals surface area contributed by atoms with Crippen LogP contribution in [-0.2, 0) is 17.3 Å². The second kappa shape index (κ2) is 3.23. The molecule has 19 heavy (non-hydrogen) atoms. The van der Waals surface area contributed by atoms with Crippen LogP contribution in [0.2, 0.25) is 0 Å². The van der Waals surface area contributed by atoms with Crippen LogP contribution in [-0.4, -0.2) is 15.7 Å². The van der Waals surface area contributed by atoms with Crippen molar-refractivity contribution in [2.45, 2.75) is 18.3 Å². The lowest BCUT2D eigenvalue weighted by Crippen LogP contribution is -2.29. The van der Waals surface area contributed by atoms with Gasteiger partial charge in [-0.15, -0.1) is 0 Å². The summed E-state index contributed by atoms with van der Waals surface area (Å²) in [7, 11) is 1.75. The highest BCUT2D eigenvalue weighted by molar-refractivity contribution is 6.14. The van der Waals surface area contributed by atoms with Crippen molar-refractivity contribution in [1.82, 2.24) is 9.78 Å². The van der Waals surface area contributed by atoms with Crippen LogP contribution >= 0.6 is 0 Å². The van der Waals surface area contributed by atoms with Gasteiger partial charge >= 0.3 is 0 Å². The molecule has 2 aromatic rings. The minimum absolute atomic E-state index is 0.0313. The largest absolute Gasteiger partial charge is 0.273 e. The van der Waals surface area contributed by atoms with E-state index in [1.54, 1.807) is 30.1 Å². The summed E-state index contributed by atoms with van der Waals surface area (Å²) in [4.78, 5) is 14.1. The topological polar surface area (TPSA) is 38.1 Å². The van der Waals surface area contributed by atoms with Crippen molar-refractivity contribution < 1.29 is 9.18 Å². The predicted octanol–water partition coefficient (Wildman–Crippen LogP) is 2.27. The van der Waals surface area contributed by atoms with Crippen LogP contribution < -0.4 is 4.90 Å². The Labute approximate surface area is 109 Å². The predicted molar refractivity (Wildman–Crippen MR) is 67.7 cm³/mol. The smallest absolute Gasteiger partial charge is 0.243 e. The maximum atomic E-state index is 14.2. The molecule has 0 radical (unpaired) electrons. The standard InChI is InChI=1S/C14H12FN3O/c1-17-11(5-8-16-17)18-12-9(3-2-4-10(12)15)14(6-7-14)13(18)19/h2-5,8H,6-7H2,1H3. The monoisotopic (exact) mass is 257 g/mol. The fourth-order valence-corrected chi connectivity index (χ4v) is 2.97. The van der Waals surface area contributed by atoms with E-state index in [0.717, 1.165) is 18.4 Å². The first kappa shape index (κ1) is 10.7. The summed E-state index contributed by atoms with van der Waals surface area (Å²) >= 11 is 0. The van der Waals surface area contributed by atoms with Gasteiger partial charge in [0.1, 0.15) is 11.6 Å². The Morgan fingerprint density at radius 3 is 2.74 bits per heavy atom. The summed E-state index contributed by atoms with van der Waals surface area (Å²) in [6.07, 6.45) is 3.22. The first-order valence-corrected chi connectivity index (χ1v) is 6.27. The molecule has 1 saturated carbocycles. The Balaban J connectivity index is 2.00. The number of amides is 1. The van der Waals surface area contributed by atoms with Crippen LogP contribution in [0.3, 0.4) is 0 Å². The number of fused-ring (bicyclic) bond motifs is 2. The summed E-state index contributed by atoms with van der Waals surface area (Å²) in [6.45, 7) is 0. The van der Waals surface area contributed by atoms with E-state index in [9.17, 15) is 9.18 Å². The molecule has 1 aromatic carbocycles. The second-order valence-corrected chi connectivity index (χ2v) is 5.17. The SMILES string of the molecule is Cn1nccc1N1C(=O)C2(CC2)c2cccc(F)c21. The lowest BCUT2D eigenvalue weighted by atomic mass is 9.98. The van der Waals surface area contributed by atoms with Gasteiger partial charge in [0.25, 0.3) is 0 Å². The number of anilines is 2. The fraction of sp³-hybridized carbons (Fsp3) is 0.286. The van der Waals surface area contributed by atoms with E-state index in [0.29, 0.717) is 11.5 Å². The van der Waals surface area contributed by atoms with Crippen LogP contribution in [0.15, 0.2) is 30.5 Å². The molecule has 0 bridgehead atoms. The maximum absolute atomic E-state index is 14.2. The zero-order valence-corrected chi connectivity index (χ0v) is 10.4. The Kier molecular flexibility index (Phi) is 1.82. The second-order valence-electron chi connectivity index (χ2n) is 5.17. The highest BCUT2D eigenvalue weighted by Crippen LogP contribution is 2.59. The molecule has 1 spiro atoms. The van der Waals surface area contributed by atoms with Gasteiger partial charge in [-0.2, -0.15) is 5.10 Å². The molecule has 2 aliphatic rings. The molecule has 0 unspecified atom stereocenters. The van der Waals surface area contributed by atoms with Gasteiger partial charge in [0, 0.05) is 13.1 Å². The van der Waals surface area contributed by atoms with Gasteiger partial charge in [-0.05, 0) is 24.5 Å². The fourth-order valence-electron chi connectivity index (χ4n) is 2.97. The number of nitrogens with zero attached hydrogens (tertiary/aromatic N) is 3. The molecular weight excluding hydrogens is 245 g/mol. The molecule has 0 saturated heterocycles. The summed E-state index contributed by atoms with van der Waals surface area (Å²) in [6, 6.07) is 6.67. The molecule has 0 atom stereocenters. The number of hydrogen-bond acceptors (Lipinski definition) is 2. The Hall–Kier alpha value is -2.17. The molecular formula is C14H12FN3O. The van der Waals surface area contributed by atoms with Crippen molar-refractivity contribution in [1.29, 1.82) is 0 Å². The highest BCUT2D eigenvalue weighted by Gasteiger charge is 2.60. The average Bonchev–Trinajstić information content (AvgIpc) is 3.04. The molecule has 1 amide bonds. The lowest BCUT2D eigenvalue weighted by Gasteiger charge is -2.18. The molecule has 4 nitrogen and oxygen atoms in total. The number of carbonyl (C=O) groups excluding carboxylic acids is 1. The molecule has 1 fully saturated rings. The minimum atomic E-state index is -0.484. The number of carbonyl (C=O) groups is 1. The zero-order chi connectivity index (χ0) is 13.2. The van der Waals surface area contributed by atoms with E-state index in [4.69, 9.17) is 0 Å². The van der Waals surface area contributed by atoms with Gasteiger partial charge in [0.05, 0.1) is 17.3 Å². The summed E-state index contributed by atoms with van der Waals surface area (Å²) < 4.78 is 15.8. The maximum Gasteiger partial charge on any atom is 0.243 e. The van der Waals surface area contributed by atoms with E-state index in [-0.39, 0.29) is 11.7 Å². The number of aromatic nitrogens is 2. The number of rotatable bonds is 1. The first-order chi connectivity index (χ1) is 9.15. The van der Waals surface area contributed by atoms with Crippen LogP contribution in [0, 0.1) is 5.82 Å². The summed E-state index contributed by atoms with van der Waals surface area (Å²) in [5.41, 5.74) is 0.731. The Morgan fingerprint density at radius 1 is 1.32 bits per heavy atom. The van der Waals surface area contributed by atoms with Crippen LogP contribution in [0.5, 0.6) is 0 Å². The van der Waals surface area contributed by atoms with Crippen molar-refractivity contribution in [3.05, 3.63) is 41.8 Å². The molecule has 1 aliphatic carbocycles. The molecule has 0 N–H and O–H groups in total. The molecule has 1 aromatic heterocycles. The zero-order valence-electron chi connectivity index (χ0n) is 10.4. The molecule has 2 heterocycles. The summed E-state index contributed by atoms with van der Waals surface area (Å²) in [5, 5.41) is 4.07. The van der Waals surface area contributed by atoms with Crippen molar-refractivity contribution in [3.8, 4) is 0 Å². The lowest BCUT2D eigenvalue weighted by molar-refractivity contribution is -0.119. The molecule has 1 aliphatic heterocycles. The average molecular weight is 257 g/mol. The number of para-hydroxylation sites is 1. The van der Waals surface area contributed by atoms with E-state index in [1.807, 2.05) is 6.07 Å². The van der Waals surface area contributed by atoms with Gasteiger partial charge in [-0.3, -0.25) is 14.4 Å². The van der Waals surface area contributed by atoms with Gasteiger partial charge in [0.2, 0.25) is 5.91 Å². The third-order valence-electron chi connectivity index (χ3n) is 4.11. The van der Waals surface area contributed by atoms with Gasteiger partial charge in [-0.1, -0.05) is 12.1 Å². The molecule has 4 rings (SSSR count). The third kappa shape index (κ3) is 1.17. The number of hydrogen-bond donors (Lipinski definition) is 0. The van der Waals surface area contributed by atoms with E-state index in [2.05, 4.69) is 5.10 Å². The first-order valence-electron chi connectivity index (χ1n) is 6.27. The molecule has 96 valence electrons. The van der Waals surface area contributed by atoms with Crippen molar-refractivity contribution in [2.75, 3.05) is 4.90 Å². The highest BCUT2D eigenvalue weighted by atomic mass is 19.1. The van der Waals surface area contributed by atoms with Crippen molar-refractivity contribution >= 4 is 17.4 Å². The van der Waals surface area contributed by atoms with E-state index < -0.39 is 5.41 Å². The third-order valence-corrected chi connectivity index (χ3v) is 4.11. The van der Waals surface area contributed by atoms with Gasteiger partial charge < -0.3 is 0 Å². The van der Waals surface area contributed by atoms with Crippen LogP contribution in [0.4, 0.5) is 15.9 Å². The molecule has 5 heteroatoms. The van der Waals surface area contributed by atoms with E-state index >= 15 is 0 Å². The normalized spacial score (nSPS) is 19.1. The Bertz CT molecular complexity index is 702. The van der Waals surface area contributed by atoms with Crippen molar-refractivity contribution in [2.24, 2.45) is 7.05 Å². The van der Waals surface area contributed by atoms with E-state index in [1.165, 1.54) is 11.0 Å². The van der Waals surface area contributed by atoms with Gasteiger partial charge in [-0.25, -0.2) is 4.39 Å². The van der Waals surface area contributed by atoms with Gasteiger partial charge in [0.15, 0.2) is 0 Å². The minimum Gasteiger partial charge on any atom is -0.273 e. The van der Waals surface area contributed by atoms with Crippen LogP contribution in [0.25, 0.3) is 0 Å². The number of benzene rings is 1. The summed E-state index contributed by atoms with van der Waals surface area (Å²) in [5.74, 6) is 0.229. The van der Waals surface area contributed by atoms with Crippen LogP contribution in [0.1, 0.15) is 18.4 Å². The number of halogens is 1. The quantitative estimate of drug-likeness (QED) is 0.786. The number of aryl methyl sites for hydroxylation is 1. The van der Waals surface area contributed by atoms with Crippen molar-refractivity contribution in [3.63, 3.8) is 0 Å². The Morgan fingerprint density at radius 2 is 2.11 bits per heavy atom.